The van der Waals surface area contributed by atoms with E-state index in [0.717, 1.165) is 31.7 Å². The molecule has 0 aliphatic carbocycles. The monoisotopic (exact) mass is 362 g/mol. The molecule has 0 saturated heterocycles. The molecule has 3 unspecified atom stereocenters. The Balaban J connectivity index is 2.84. The van der Waals surface area contributed by atoms with Gasteiger partial charge in [-0.3, -0.25) is 4.90 Å². The van der Waals surface area contributed by atoms with E-state index < -0.39 is 23.3 Å². The predicted octanol–water partition coefficient (Wildman–Crippen LogP) is 5.41. The van der Waals surface area contributed by atoms with Gasteiger partial charge in [0.25, 0.3) is 0 Å². The van der Waals surface area contributed by atoms with Crippen molar-refractivity contribution in [1.82, 2.24) is 0 Å². The minimum Gasteiger partial charge on any atom is -0.300 e. The second kappa shape index (κ2) is 10.8. The molecule has 0 aliphatic heterocycles. The summed E-state index contributed by atoms with van der Waals surface area (Å²) in [6, 6.07) is 0.803. The van der Waals surface area contributed by atoms with E-state index in [-0.39, 0.29) is 5.69 Å². The summed E-state index contributed by atoms with van der Waals surface area (Å²) in [5.74, 6) is -5.07. The van der Waals surface area contributed by atoms with E-state index in [2.05, 4.69) is 20.8 Å². The molecule has 0 bridgehead atoms. The van der Waals surface area contributed by atoms with Crippen LogP contribution in [0.2, 0.25) is 0 Å². The number of hydrogen-bond acceptors (Lipinski definition) is 0. The van der Waals surface area contributed by atoms with Crippen molar-refractivity contribution in [3.8, 4) is 0 Å². The Kier molecular flexibility index (Phi) is 9.47. The highest BCUT2D eigenvalue weighted by Gasteiger charge is 2.27. The molecular weight excluding hydrogens is 330 g/mol. The van der Waals surface area contributed by atoms with Crippen molar-refractivity contribution in [2.45, 2.75) is 66.2 Å². The quantitative estimate of drug-likeness (QED) is 0.305. The SMILES string of the molecule is CCCC(CC)CCC(C)C[NH+](CCC)c1cc(F)c(F)c(F)c1F. The summed E-state index contributed by atoms with van der Waals surface area (Å²) in [4.78, 5) is 0.675. The summed E-state index contributed by atoms with van der Waals surface area (Å²) in [6.07, 6.45) is 6.38. The second-order valence-electron chi connectivity index (χ2n) is 7.15. The predicted molar refractivity (Wildman–Crippen MR) is 94.0 cm³/mol. The van der Waals surface area contributed by atoms with E-state index in [1.807, 2.05) is 6.92 Å². The first-order valence-electron chi connectivity index (χ1n) is 9.53. The fourth-order valence-electron chi connectivity index (χ4n) is 3.48. The highest BCUT2D eigenvalue weighted by Crippen LogP contribution is 2.22. The molecule has 0 saturated carbocycles. The summed E-state index contributed by atoms with van der Waals surface area (Å²) in [5, 5.41) is 0. The average molecular weight is 362 g/mol. The molecule has 0 radical (unpaired) electrons. The van der Waals surface area contributed by atoms with Crippen LogP contribution in [0.1, 0.15) is 66.2 Å². The van der Waals surface area contributed by atoms with E-state index in [0.29, 0.717) is 29.8 Å². The molecule has 1 aromatic rings. The molecule has 0 heterocycles. The maximum atomic E-state index is 14.1. The maximum Gasteiger partial charge on any atom is 0.222 e. The topological polar surface area (TPSA) is 4.44 Å². The van der Waals surface area contributed by atoms with Gasteiger partial charge in [-0.05, 0) is 25.2 Å². The third-order valence-corrected chi connectivity index (χ3v) is 4.97. The van der Waals surface area contributed by atoms with Gasteiger partial charge in [0.15, 0.2) is 17.3 Å². The van der Waals surface area contributed by atoms with Crippen LogP contribution in [0.4, 0.5) is 23.2 Å². The van der Waals surface area contributed by atoms with Gasteiger partial charge in [0.2, 0.25) is 11.6 Å². The molecule has 0 aliphatic rings. The zero-order valence-electron chi connectivity index (χ0n) is 15.9. The number of hydrogen-bond donors (Lipinski definition) is 1. The fourth-order valence-corrected chi connectivity index (χ4v) is 3.48. The van der Waals surface area contributed by atoms with Crippen LogP contribution >= 0.6 is 0 Å². The molecule has 0 amide bonds. The standard InChI is InChI=1S/C20H31F4N/c1-5-8-15(7-3)10-9-14(4)13-25(11-6-2)17-12-16(21)18(22)20(24)19(17)23/h12,14-15H,5-11,13H2,1-4H3/p+1. The van der Waals surface area contributed by atoms with Crippen LogP contribution in [0.3, 0.4) is 0 Å². The zero-order chi connectivity index (χ0) is 19.0. The third-order valence-electron chi connectivity index (χ3n) is 4.97. The van der Waals surface area contributed by atoms with E-state index in [9.17, 15) is 17.6 Å². The molecule has 25 heavy (non-hydrogen) atoms. The first kappa shape index (κ1) is 21.9. The van der Waals surface area contributed by atoms with Crippen LogP contribution in [0.5, 0.6) is 0 Å². The van der Waals surface area contributed by atoms with E-state index in [1.54, 1.807) is 0 Å². The summed E-state index contributed by atoms with van der Waals surface area (Å²) < 4.78 is 54.5. The van der Waals surface area contributed by atoms with Gasteiger partial charge in [0.1, 0.15) is 0 Å². The van der Waals surface area contributed by atoms with Crippen molar-refractivity contribution in [3.63, 3.8) is 0 Å². The van der Waals surface area contributed by atoms with Crippen LogP contribution < -0.4 is 4.90 Å². The van der Waals surface area contributed by atoms with Crippen LogP contribution in [0.25, 0.3) is 0 Å². The third kappa shape index (κ3) is 6.28. The van der Waals surface area contributed by atoms with E-state index in [4.69, 9.17) is 0 Å². The molecular formula is C20H32F4N+. The van der Waals surface area contributed by atoms with Crippen molar-refractivity contribution >= 4 is 5.69 Å². The highest BCUT2D eigenvalue weighted by molar-refractivity contribution is 5.33. The number of nitrogens with one attached hydrogen (secondary N) is 1. The number of rotatable bonds is 11. The van der Waals surface area contributed by atoms with Crippen molar-refractivity contribution < 1.29 is 22.5 Å². The van der Waals surface area contributed by atoms with Crippen LogP contribution in [0, 0.1) is 35.1 Å². The zero-order valence-corrected chi connectivity index (χ0v) is 15.9. The van der Waals surface area contributed by atoms with Gasteiger partial charge in [0.05, 0.1) is 13.1 Å². The summed E-state index contributed by atoms with van der Waals surface area (Å²) in [6.45, 7) is 9.53. The van der Waals surface area contributed by atoms with Crippen LogP contribution in [-0.4, -0.2) is 13.1 Å². The smallest absolute Gasteiger partial charge is 0.222 e. The number of benzene rings is 1. The van der Waals surface area contributed by atoms with E-state index >= 15 is 0 Å². The molecule has 1 rings (SSSR count). The molecule has 1 aromatic carbocycles. The van der Waals surface area contributed by atoms with Gasteiger partial charge in [-0.15, -0.1) is 0 Å². The molecule has 0 spiro atoms. The van der Waals surface area contributed by atoms with Gasteiger partial charge >= 0.3 is 0 Å². The largest absolute Gasteiger partial charge is 0.300 e. The van der Waals surface area contributed by atoms with E-state index in [1.165, 1.54) is 12.8 Å². The highest BCUT2D eigenvalue weighted by atomic mass is 19.2. The first-order valence-corrected chi connectivity index (χ1v) is 9.53. The van der Waals surface area contributed by atoms with Crippen molar-refractivity contribution in [3.05, 3.63) is 29.3 Å². The molecule has 144 valence electrons. The lowest BCUT2D eigenvalue weighted by atomic mass is 9.91. The Bertz CT molecular complexity index is 533. The Morgan fingerprint density at radius 1 is 0.880 bits per heavy atom. The minimum atomic E-state index is -1.74. The molecule has 1 N–H and O–H groups in total. The number of halogens is 4. The summed E-state index contributed by atoms with van der Waals surface area (Å²) in [7, 11) is 0. The Morgan fingerprint density at radius 3 is 2.12 bits per heavy atom. The van der Waals surface area contributed by atoms with Gasteiger partial charge in [-0.2, -0.15) is 4.39 Å². The normalized spacial score (nSPS) is 15.2. The lowest BCUT2D eigenvalue weighted by Gasteiger charge is -2.24. The summed E-state index contributed by atoms with van der Waals surface area (Å²) in [5.41, 5.74) is -0.106. The van der Waals surface area contributed by atoms with Gasteiger partial charge < -0.3 is 0 Å². The van der Waals surface area contributed by atoms with Gasteiger partial charge in [-0.1, -0.05) is 47.0 Å². The second-order valence-corrected chi connectivity index (χ2v) is 7.15. The lowest BCUT2D eigenvalue weighted by molar-refractivity contribution is -0.838. The average Bonchev–Trinajstić information content (AvgIpc) is 2.59. The fraction of sp³-hybridized carbons (Fsp3) is 0.700. The number of quaternary nitrogens is 1. The Hall–Kier alpha value is -1.10. The van der Waals surface area contributed by atoms with Gasteiger partial charge in [-0.25, -0.2) is 13.2 Å². The first-order chi connectivity index (χ1) is 11.8. The Morgan fingerprint density at radius 2 is 1.56 bits per heavy atom. The maximum absolute atomic E-state index is 14.1. The van der Waals surface area contributed by atoms with Crippen LogP contribution in [0.15, 0.2) is 6.07 Å². The molecule has 3 atom stereocenters. The lowest BCUT2D eigenvalue weighted by Crippen LogP contribution is -3.08. The van der Waals surface area contributed by atoms with Crippen molar-refractivity contribution in [2.24, 2.45) is 11.8 Å². The van der Waals surface area contributed by atoms with Gasteiger partial charge in [0, 0.05) is 12.0 Å². The van der Waals surface area contributed by atoms with Crippen molar-refractivity contribution in [1.29, 1.82) is 0 Å². The minimum absolute atomic E-state index is 0.106. The Labute approximate surface area is 149 Å². The van der Waals surface area contributed by atoms with Crippen LogP contribution in [-0.2, 0) is 0 Å². The molecule has 0 aromatic heterocycles. The summed E-state index contributed by atoms with van der Waals surface area (Å²) >= 11 is 0. The molecule has 0 fully saturated rings. The molecule has 5 heteroatoms. The van der Waals surface area contributed by atoms with Crippen molar-refractivity contribution in [2.75, 3.05) is 13.1 Å². The molecule has 1 nitrogen and oxygen atoms in total.